The monoisotopic (exact) mass is 476 g/mol. The van der Waals surface area contributed by atoms with Gasteiger partial charge in [0, 0.05) is 4.47 Å². The van der Waals surface area contributed by atoms with Gasteiger partial charge >= 0.3 is 0 Å². The summed E-state index contributed by atoms with van der Waals surface area (Å²) in [4.78, 5) is 34.5. The van der Waals surface area contributed by atoms with Crippen molar-refractivity contribution in [3.05, 3.63) is 94.0 Å². The molecule has 2 heterocycles. The van der Waals surface area contributed by atoms with Gasteiger partial charge in [-0.15, -0.1) is 0 Å². The molecule has 5 nitrogen and oxygen atoms in total. The first-order chi connectivity index (χ1) is 14.9. The van der Waals surface area contributed by atoms with Crippen molar-refractivity contribution in [1.29, 1.82) is 0 Å². The van der Waals surface area contributed by atoms with Crippen LogP contribution in [-0.2, 0) is 14.4 Å². The smallest absolute Gasteiger partial charge is 0.266 e. The number of aryl methyl sites for hydroxylation is 2. The second kappa shape index (κ2) is 7.62. The highest BCUT2D eigenvalue weighted by atomic mass is 79.9. The van der Waals surface area contributed by atoms with Gasteiger partial charge in [0.1, 0.15) is 5.92 Å². The molecule has 0 N–H and O–H groups in total. The Morgan fingerprint density at radius 1 is 0.806 bits per heavy atom. The molecule has 3 aromatic carbocycles. The molecule has 5 rings (SSSR count). The Morgan fingerprint density at radius 3 is 2.19 bits per heavy atom. The quantitative estimate of drug-likeness (QED) is 0.492. The number of halogens is 1. The zero-order chi connectivity index (χ0) is 21.7. The molecule has 3 aromatic rings. The third-order valence-electron chi connectivity index (χ3n) is 5.78. The fourth-order valence-electron chi connectivity index (χ4n) is 4.58. The molecule has 2 fully saturated rings. The molecular formula is C25H21BrN2O3. The van der Waals surface area contributed by atoms with E-state index in [2.05, 4.69) is 15.9 Å². The highest BCUT2D eigenvalue weighted by molar-refractivity contribution is 9.10. The number of hydrogen-bond donors (Lipinski definition) is 0. The summed E-state index contributed by atoms with van der Waals surface area (Å²) in [6.07, 6.45) is -0.863. The van der Waals surface area contributed by atoms with E-state index in [1.54, 1.807) is 5.06 Å². The summed E-state index contributed by atoms with van der Waals surface area (Å²) in [6.45, 7) is 3.92. The maximum Gasteiger partial charge on any atom is 0.266 e. The van der Waals surface area contributed by atoms with Crippen LogP contribution in [0.2, 0.25) is 0 Å². The van der Waals surface area contributed by atoms with Crippen LogP contribution < -0.4 is 9.96 Å². The standard InChI is InChI=1S/C25H21BrN2O3/c1-15-11-16(2)13-20(12-15)27-24(29)21-22(17-7-6-8-18(26)14-17)28(31-23(21)25(27)30)19-9-4-3-5-10-19/h3-14,21-23H,1-2H3. The van der Waals surface area contributed by atoms with Crippen LogP contribution in [0.25, 0.3) is 0 Å². The Labute approximate surface area is 189 Å². The van der Waals surface area contributed by atoms with Crippen LogP contribution in [-0.4, -0.2) is 17.9 Å². The van der Waals surface area contributed by atoms with E-state index < -0.39 is 18.1 Å². The maximum atomic E-state index is 13.7. The van der Waals surface area contributed by atoms with Crippen molar-refractivity contribution >= 4 is 39.1 Å². The number of benzene rings is 3. The molecule has 2 saturated heterocycles. The van der Waals surface area contributed by atoms with Crippen LogP contribution in [0.15, 0.2) is 77.3 Å². The number of fused-ring (bicyclic) bond motifs is 1. The number of hydrogen-bond acceptors (Lipinski definition) is 4. The number of para-hydroxylation sites is 1. The van der Waals surface area contributed by atoms with Crippen molar-refractivity contribution in [3.8, 4) is 0 Å². The van der Waals surface area contributed by atoms with E-state index >= 15 is 0 Å². The van der Waals surface area contributed by atoms with Crippen molar-refractivity contribution in [2.24, 2.45) is 5.92 Å². The van der Waals surface area contributed by atoms with Gasteiger partial charge in [0.15, 0.2) is 6.10 Å². The van der Waals surface area contributed by atoms with E-state index in [0.717, 1.165) is 26.9 Å². The highest BCUT2D eigenvalue weighted by Crippen LogP contribution is 2.47. The van der Waals surface area contributed by atoms with Gasteiger partial charge < -0.3 is 0 Å². The zero-order valence-corrected chi connectivity index (χ0v) is 18.7. The second-order valence-corrected chi connectivity index (χ2v) is 8.99. The summed E-state index contributed by atoms with van der Waals surface area (Å²) < 4.78 is 0.907. The minimum absolute atomic E-state index is 0.233. The second-order valence-electron chi connectivity index (χ2n) is 8.07. The molecule has 2 aliphatic rings. The lowest BCUT2D eigenvalue weighted by Crippen LogP contribution is -2.37. The van der Waals surface area contributed by atoms with E-state index in [1.165, 1.54) is 4.90 Å². The fraction of sp³-hybridized carbons (Fsp3) is 0.200. The third-order valence-corrected chi connectivity index (χ3v) is 6.27. The maximum absolute atomic E-state index is 13.7. The first-order valence-electron chi connectivity index (χ1n) is 10.2. The predicted molar refractivity (Wildman–Crippen MR) is 123 cm³/mol. The molecule has 0 bridgehead atoms. The lowest BCUT2D eigenvalue weighted by Gasteiger charge is -2.29. The van der Waals surface area contributed by atoms with Crippen molar-refractivity contribution in [2.45, 2.75) is 26.0 Å². The van der Waals surface area contributed by atoms with Crippen LogP contribution in [0, 0.1) is 19.8 Å². The Kier molecular flexibility index (Phi) is 4.91. The van der Waals surface area contributed by atoms with Crippen LogP contribution >= 0.6 is 15.9 Å². The fourth-order valence-corrected chi connectivity index (χ4v) is 4.99. The number of nitrogens with zero attached hydrogens (tertiary/aromatic N) is 2. The number of amides is 2. The molecule has 31 heavy (non-hydrogen) atoms. The normalized spacial score (nSPS) is 22.9. The highest BCUT2D eigenvalue weighted by Gasteiger charge is 2.60. The molecule has 156 valence electrons. The van der Waals surface area contributed by atoms with Gasteiger partial charge in [-0.1, -0.05) is 52.3 Å². The Bertz CT molecular complexity index is 1160. The average Bonchev–Trinajstić information content (AvgIpc) is 3.24. The van der Waals surface area contributed by atoms with Crippen molar-refractivity contribution in [1.82, 2.24) is 0 Å². The van der Waals surface area contributed by atoms with Gasteiger partial charge in [-0.2, -0.15) is 0 Å². The van der Waals surface area contributed by atoms with Gasteiger partial charge in [-0.25, -0.2) is 9.96 Å². The number of rotatable bonds is 3. The van der Waals surface area contributed by atoms with E-state index in [0.29, 0.717) is 5.69 Å². The first-order valence-corrected chi connectivity index (χ1v) is 11.0. The van der Waals surface area contributed by atoms with Gasteiger partial charge in [0.25, 0.3) is 5.91 Å². The number of carbonyl (C=O) groups excluding carboxylic acids is 2. The summed E-state index contributed by atoms with van der Waals surface area (Å²) in [6, 6.07) is 22.7. The average molecular weight is 477 g/mol. The summed E-state index contributed by atoms with van der Waals surface area (Å²) in [5.41, 5.74) is 4.32. The minimum atomic E-state index is -0.863. The minimum Gasteiger partial charge on any atom is -0.273 e. The van der Waals surface area contributed by atoms with E-state index in [9.17, 15) is 9.59 Å². The van der Waals surface area contributed by atoms with E-state index in [4.69, 9.17) is 4.84 Å². The number of anilines is 2. The van der Waals surface area contributed by atoms with Crippen molar-refractivity contribution in [3.63, 3.8) is 0 Å². The van der Waals surface area contributed by atoms with Gasteiger partial charge in [-0.05, 0) is 66.9 Å². The van der Waals surface area contributed by atoms with Crippen molar-refractivity contribution < 1.29 is 14.4 Å². The van der Waals surface area contributed by atoms with Gasteiger partial charge in [-0.3, -0.25) is 14.4 Å². The van der Waals surface area contributed by atoms with Crippen LogP contribution in [0.4, 0.5) is 11.4 Å². The molecule has 0 aromatic heterocycles. The molecule has 0 radical (unpaired) electrons. The topological polar surface area (TPSA) is 49.9 Å². The van der Waals surface area contributed by atoms with E-state index in [-0.39, 0.29) is 11.8 Å². The molecule has 3 atom stereocenters. The van der Waals surface area contributed by atoms with Crippen molar-refractivity contribution in [2.75, 3.05) is 9.96 Å². The summed E-state index contributed by atoms with van der Waals surface area (Å²) in [5.74, 6) is -1.19. The SMILES string of the molecule is Cc1cc(C)cc(N2C(=O)C3ON(c4ccccc4)C(c4cccc(Br)c4)C3C2=O)c1. The predicted octanol–water partition coefficient (Wildman–Crippen LogP) is 5.12. The lowest BCUT2D eigenvalue weighted by molar-refractivity contribution is -0.126. The Hall–Kier alpha value is -2.96. The van der Waals surface area contributed by atoms with Crippen LogP contribution in [0.1, 0.15) is 22.7 Å². The number of hydroxylamine groups is 1. The molecule has 0 spiro atoms. The first kappa shape index (κ1) is 20.0. The summed E-state index contributed by atoms with van der Waals surface area (Å²) >= 11 is 3.53. The van der Waals surface area contributed by atoms with Crippen LogP contribution in [0.5, 0.6) is 0 Å². The summed E-state index contributed by atoms with van der Waals surface area (Å²) in [7, 11) is 0. The van der Waals surface area contributed by atoms with Gasteiger partial charge in [0.05, 0.1) is 17.4 Å². The number of imide groups is 1. The van der Waals surface area contributed by atoms with E-state index in [1.807, 2.05) is 86.6 Å². The summed E-state index contributed by atoms with van der Waals surface area (Å²) in [5, 5.41) is 1.71. The molecule has 2 amide bonds. The van der Waals surface area contributed by atoms with Crippen LogP contribution in [0.3, 0.4) is 0 Å². The molecule has 0 saturated carbocycles. The lowest BCUT2D eigenvalue weighted by atomic mass is 9.90. The molecular weight excluding hydrogens is 456 g/mol. The zero-order valence-electron chi connectivity index (χ0n) is 17.2. The molecule has 3 unspecified atom stereocenters. The largest absolute Gasteiger partial charge is 0.273 e. The molecule has 2 aliphatic heterocycles. The Morgan fingerprint density at radius 2 is 1.52 bits per heavy atom. The molecule has 6 heteroatoms. The Balaban J connectivity index is 1.60. The number of carbonyl (C=O) groups is 2. The van der Waals surface area contributed by atoms with Gasteiger partial charge in [0.2, 0.25) is 5.91 Å². The third kappa shape index (κ3) is 3.36. The molecule has 0 aliphatic carbocycles.